The van der Waals surface area contributed by atoms with E-state index in [4.69, 9.17) is 5.73 Å². The summed E-state index contributed by atoms with van der Waals surface area (Å²) in [5, 5.41) is 8.41. The van der Waals surface area contributed by atoms with Gasteiger partial charge >= 0.3 is 0 Å². The standard InChI is InChI=1S/C12H14N4/c13-8-11-14-15-12(16(11)10-6-7-10)9-4-2-1-3-5-9/h1-5,10H,6-8,13H2. The lowest BCUT2D eigenvalue weighted by Crippen LogP contribution is -2.08. The topological polar surface area (TPSA) is 56.7 Å². The summed E-state index contributed by atoms with van der Waals surface area (Å²) in [5.74, 6) is 1.84. The van der Waals surface area contributed by atoms with Gasteiger partial charge in [0.25, 0.3) is 0 Å². The number of hydrogen-bond acceptors (Lipinski definition) is 3. The van der Waals surface area contributed by atoms with Crippen LogP contribution in [0.1, 0.15) is 24.7 Å². The van der Waals surface area contributed by atoms with Gasteiger partial charge < -0.3 is 10.3 Å². The zero-order valence-electron chi connectivity index (χ0n) is 9.00. The number of nitrogens with two attached hydrogens (primary N) is 1. The van der Waals surface area contributed by atoms with Crippen molar-refractivity contribution < 1.29 is 0 Å². The Morgan fingerprint density at radius 3 is 2.56 bits per heavy atom. The normalized spacial score (nSPS) is 15.3. The molecule has 16 heavy (non-hydrogen) atoms. The lowest BCUT2D eigenvalue weighted by molar-refractivity contribution is 0.688. The van der Waals surface area contributed by atoms with Crippen LogP contribution in [0.5, 0.6) is 0 Å². The fraction of sp³-hybridized carbons (Fsp3) is 0.333. The molecule has 0 saturated heterocycles. The summed E-state index contributed by atoms with van der Waals surface area (Å²) in [6, 6.07) is 10.7. The van der Waals surface area contributed by atoms with Crippen molar-refractivity contribution in [3.63, 3.8) is 0 Å². The molecule has 1 heterocycles. The first-order valence-corrected chi connectivity index (χ1v) is 5.59. The average Bonchev–Trinajstić information content (AvgIpc) is 3.09. The Bertz CT molecular complexity index is 485. The van der Waals surface area contributed by atoms with Crippen molar-refractivity contribution in [2.75, 3.05) is 0 Å². The highest BCUT2D eigenvalue weighted by Crippen LogP contribution is 2.38. The fourth-order valence-electron chi connectivity index (χ4n) is 1.96. The van der Waals surface area contributed by atoms with Crippen LogP contribution in [-0.4, -0.2) is 14.8 Å². The molecular formula is C12H14N4. The van der Waals surface area contributed by atoms with Gasteiger partial charge in [0, 0.05) is 11.6 Å². The molecule has 0 amide bonds. The predicted octanol–water partition coefficient (Wildman–Crippen LogP) is 1.74. The molecule has 0 aliphatic heterocycles. The van der Waals surface area contributed by atoms with E-state index in [1.165, 1.54) is 12.8 Å². The molecule has 3 rings (SSSR count). The van der Waals surface area contributed by atoms with Crippen LogP contribution in [0.4, 0.5) is 0 Å². The van der Waals surface area contributed by atoms with Gasteiger partial charge in [-0.15, -0.1) is 10.2 Å². The van der Waals surface area contributed by atoms with Crippen LogP contribution in [0.2, 0.25) is 0 Å². The van der Waals surface area contributed by atoms with Gasteiger partial charge in [0.05, 0.1) is 6.54 Å². The monoisotopic (exact) mass is 214 g/mol. The van der Waals surface area contributed by atoms with Crippen LogP contribution in [-0.2, 0) is 6.54 Å². The van der Waals surface area contributed by atoms with Crippen molar-refractivity contribution >= 4 is 0 Å². The molecular weight excluding hydrogens is 200 g/mol. The molecule has 0 atom stereocenters. The summed E-state index contributed by atoms with van der Waals surface area (Å²) in [6.07, 6.45) is 2.43. The van der Waals surface area contributed by atoms with Crippen molar-refractivity contribution in [3.8, 4) is 11.4 Å². The first-order chi connectivity index (χ1) is 7.90. The number of nitrogens with zero attached hydrogens (tertiary/aromatic N) is 3. The van der Waals surface area contributed by atoms with Crippen LogP contribution in [0.25, 0.3) is 11.4 Å². The van der Waals surface area contributed by atoms with Crippen molar-refractivity contribution in [2.45, 2.75) is 25.4 Å². The van der Waals surface area contributed by atoms with Gasteiger partial charge in [-0.2, -0.15) is 0 Å². The molecule has 1 fully saturated rings. The van der Waals surface area contributed by atoms with E-state index in [0.29, 0.717) is 12.6 Å². The summed E-state index contributed by atoms with van der Waals surface area (Å²) in [4.78, 5) is 0. The third kappa shape index (κ3) is 1.51. The number of benzene rings is 1. The van der Waals surface area contributed by atoms with Crippen LogP contribution < -0.4 is 5.73 Å². The molecule has 1 aliphatic carbocycles. The van der Waals surface area contributed by atoms with Crippen LogP contribution >= 0.6 is 0 Å². The van der Waals surface area contributed by atoms with Gasteiger partial charge in [0.15, 0.2) is 5.82 Å². The summed E-state index contributed by atoms with van der Waals surface area (Å²) >= 11 is 0. The summed E-state index contributed by atoms with van der Waals surface area (Å²) < 4.78 is 2.19. The number of hydrogen-bond donors (Lipinski definition) is 1. The third-order valence-corrected chi connectivity index (χ3v) is 2.89. The van der Waals surface area contributed by atoms with Crippen LogP contribution in [0, 0.1) is 0 Å². The number of aromatic nitrogens is 3. The average molecular weight is 214 g/mol. The molecule has 0 radical (unpaired) electrons. The molecule has 1 aliphatic rings. The van der Waals surface area contributed by atoms with E-state index >= 15 is 0 Å². The predicted molar refractivity (Wildman–Crippen MR) is 61.6 cm³/mol. The van der Waals surface area contributed by atoms with Crippen molar-refractivity contribution in [2.24, 2.45) is 5.73 Å². The second-order valence-corrected chi connectivity index (χ2v) is 4.11. The van der Waals surface area contributed by atoms with Gasteiger partial charge in [-0.1, -0.05) is 30.3 Å². The Morgan fingerprint density at radius 2 is 1.94 bits per heavy atom. The quantitative estimate of drug-likeness (QED) is 0.846. The van der Waals surface area contributed by atoms with E-state index in [2.05, 4.69) is 26.9 Å². The first-order valence-electron chi connectivity index (χ1n) is 5.59. The molecule has 4 nitrogen and oxygen atoms in total. The van der Waals surface area contributed by atoms with Crippen LogP contribution in [0.15, 0.2) is 30.3 Å². The smallest absolute Gasteiger partial charge is 0.164 e. The largest absolute Gasteiger partial charge is 0.324 e. The van der Waals surface area contributed by atoms with Crippen LogP contribution in [0.3, 0.4) is 0 Å². The van der Waals surface area contributed by atoms with E-state index in [1.807, 2.05) is 18.2 Å². The zero-order chi connectivity index (χ0) is 11.0. The third-order valence-electron chi connectivity index (χ3n) is 2.89. The minimum absolute atomic E-state index is 0.455. The lowest BCUT2D eigenvalue weighted by Gasteiger charge is -2.07. The Hall–Kier alpha value is -1.68. The van der Waals surface area contributed by atoms with E-state index in [-0.39, 0.29) is 0 Å². The molecule has 2 aromatic rings. The van der Waals surface area contributed by atoms with Gasteiger partial charge in [-0.05, 0) is 12.8 Å². The van der Waals surface area contributed by atoms with Gasteiger partial charge in [-0.3, -0.25) is 0 Å². The maximum absolute atomic E-state index is 5.68. The highest BCUT2D eigenvalue weighted by atomic mass is 15.3. The van der Waals surface area contributed by atoms with E-state index in [9.17, 15) is 0 Å². The summed E-state index contributed by atoms with van der Waals surface area (Å²) in [6.45, 7) is 0.455. The summed E-state index contributed by atoms with van der Waals surface area (Å²) in [5.41, 5.74) is 6.80. The second kappa shape index (κ2) is 3.72. The Balaban J connectivity index is 2.10. The number of rotatable bonds is 3. The van der Waals surface area contributed by atoms with E-state index in [1.54, 1.807) is 0 Å². The minimum atomic E-state index is 0.455. The maximum atomic E-state index is 5.68. The molecule has 1 aromatic carbocycles. The van der Waals surface area contributed by atoms with Gasteiger partial charge in [0.2, 0.25) is 0 Å². The van der Waals surface area contributed by atoms with Crippen molar-refractivity contribution in [1.82, 2.24) is 14.8 Å². The molecule has 0 unspecified atom stereocenters. The van der Waals surface area contributed by atoms with Gasteiger partial charge in [-0.25, -0.2) is 0 Å². The minimum Gasteiger partial charge on any atom is -0.324 e. The van der Waals surface area contributed by atoms with Gasteiger partial charge in [0.1, 0.15) is 5.82 Å². The molecule has 82 valence electrons. The summed E-state index contributed by atoms with van der Waals surface area (Å²) in [7, 11) is 0. The maximum Gasteiger partial charge on any atom is 0.164 e. The highest BCUT2D eigenvalue weighted by molar-refractivity contribution is 5.55. The Kier molecular flexibility index (Phi) is 2.22. The Labute approximate surface area is 94.1 Å². The molecule has 1 aromatic heterocycles. The molecule has 1 saturated carbocycles. The molecule has 0 bridgehead atoms. The first kappa shape index (κ1) is 9.54. The van der Waals surface area contributed by atoms with Crippen molar-refractivity contribution in [1.29, 1.82) is 0 Å². The van der Waals surface area contributed by atoms with E-state index < -0.39 is 0 Å². The highest BCUT2D eigenvalue weighted by Gasteiger charge is 2.29. The van der Waals surface area contributed by atoms with Crippen molar-refractivity contribution in [3.05, 3.63) is 36.2 Å². The lowest BCUT2D eigenvalue weighted by atomic mass is 10.2. The Morgan fingerprint density at radius 1 is 1.19 bits per heavy atom. The molecule has 2 N–H and O–H groups in total. The SMILES string of the molecule is NCc1nnc(-c2ccccc2)n1C1CC1. The second-order valence-electron chi connectivity index (χ2n) is 4.11. The zero-order valence-corrected chi connectivity index (χ0v) is 9.00. The molecule has 0 spiro atoms. The fourth-order valence-corrected chi connectivity index (χ4v) is 1.96. The molecule has 4 heteroatoms. The van der Waals surface area contributed by atoms with E-state index in [0.717, 1.165) is 17.2 Å².